The molecular weight excluding hydrogens is 254 g/mol. The highest BCUT2D eigenvalue weighted by Crippen LogP contribution is 2.07. The van der Waals surface area contributed by atoms with E-state index in [1.165, 1.54) is 5.56 Å². The van der Waals surface area contributed by atoms with Crippen molar-refractivity contribution < 1.29 is 9.20 Å². The molecule has 102 valence electrons. The predicted octanol–water partition coefficient (Wildman–Crippen LogP) is 1.35. The van der Waals surface area contributed by atoms with E-state index in [4.69, 9.17) is 9.93 Å². The van der Waals surface area contributed by atoms with Crippen molar-refractivity contribution in [3.8, 4) is 0 Å². The Morgan fingerprint density at radius 3 is 2.47 bits per heavy atom. The van der Waals surface area contributed by atoms with Gasteiger partial charge in [0.25, 0.3) is 5.55 Å². The third kappa shape index (κ3) is 3.04. The fourth-order valence-electron chi connectivity index (χ4n) is 2.30. The molecule has 4 nitrogen and oxygen atoms in total. The van der Waals surface area contributed by atoms with Gasteiger partial charge in [-0.1, -0.05) is 50.0 Å². The zero-order chi connectivity index (χ0) is 14.0. The Morgan fingerprint density at radius 2 is 1.89 bits per heavy atom. The van der Waals surface area contributed by atoms with Crippen LogP contribution in [0.5, 0.6) is 0 Å². The molecule has 2 aromatic rings. The molecule has 1 aromatic heterocycles. The topological polar surface area (TPSA) is 55.0 Å². The summed E-state index contributed by atoms with van der Waals surface area (Å²) in [6.45, 7) is 8.76. The molecule has 19 heavy (non-hydrogen) atoms. The van der Waals surface area contributed by atoms with Crippen LogP contribution in [0.3, 0.4) is 0 Å². The second-order valence-electron chi connectivity index (χ2n) is 5.98. The molecule has 2 rings (SSSR count). The summed E-state index contributed by atoms with van der Waals surface area (Å²) in [7, 11) is -1.63. The van der Waals surface area contributed by atoms with Gasteiger partial charge in [0, 0.05) is 6.42 Å². The fraction of sp³-hybridized carbons (Fsp3) is 0.429. The third-order valence-corrected chi connectivity index (χ3v) is 5.04. The van der Waals surface area contributed by atoms with Gasteiger partial charge in [-0.25, -0.2) is 4.68 Å². The molecule has 0 fully saturated rings. The highest BCUT2D eigenvalue weighted by atomic mass is 28.3. The summed E-state index contributed by atoms with van der Waals surface area (Å²) in [5.74, 6) is 0. The van der Waals surface area contributed by atoms with Crippen molar-refractivity contribution in [3.05, 3.63) is 41.4 Å². The first kappa shape index (κ1) is 13.8. The minimum atomic E-state index is -1.63. The average Bonchev–Trinajstić information content (AvgIpc) is 2.72. The first-order valence-corrected chi connectivity index (χ1v) is 10.1. The van der Waals surface area contributed by atoms with E-state index >= 15 is 0 Å². The Morgan fingerprint density at radius 1 is 1.26 bits per heavy atom. The number of rotatable bonds is 4. The number of nitrogens with zero attached hydrogens (tertiary/aromatic N) is 2. The highest BCUT2D eigenvalue weighted by Gasteiger charge is 2.32. The lowest BCUT2D eigenvalue weighted by Crippen LogP contribution is -2.66. The van der Waals surface area contributed by atoms with Crippen molar-refractivity contribution in [2.24, 2.45) is 0 Å². The molecule has 1 heterocycles. The van der Waals surface area contributed by atoms with E-state index in [1.807, 2.05) is 22.9 Å². The SMILES string of the molecule is CC(Cc1ccccc1)[n+]1[n-]oc(=N)c1[Si](C)(C)C. The van der Waals surface area contributed by atoms with Gasteiger partial charge in [-0.3, -0.25) is 10.7 Å². The fourth-order valence-corrected chi connectivity index (χ4v) is 3.98. The zero-order valence-electron chi connectivity index (χ0n) is 12.0. The van der Waals surface area contributed by atoms with E-state index in [1.54, 1.807) is 0 Å². The molecule has 0 aliphatic rings. The van der Waals surface area contributed by atoms with E-state index < -0.39 is 8.07 Å². The Balaban J connectivity index is 2.30. The van der Waals surface area contributed by atoms with E-state index in [2.05, 4.69) is 44.0 Å². The molecule has 0 amide bonds. The van der Waals surface area contributed by atoms with Crippen LogP contribution in [0.15, 0.2) is 34.9 Å². The van der Waals surface area contributed by atoms with Crippen LogP contribution < -0.4 is 20.8 Å². The molecule has 1 unspecified atom stereocenters. The lowest BCUT2D eigenvalue weighted by atomic mass is 10.1. The van der Waals surface area contributed by atoms with Gasteiger partial charge in [-0.2, -0.15) is 0 Å². The number of hydrogen-bond donors (Lipinski definition) is 1. The molecule has 5 heteroatoms. The van der Waals surface area contributed by atoms with E-state index in [-0.39, 0.29) is 11.6 Å². The van der Waals surface area contributed by atoms with E-state index in [0.717, 1.165) is 11.7 Å². The number of benzene rings is 1. The zero-order valence-corrected chi connectivity index (χ0v) is 13.0. The van der Waals surface area contributed by atoms with Crippen LogP contribution in [-0.4, -0.2) is 8.07 Å². The summed E-state index contributed by atoms with van der Waals surface area (Å²) in [6, 6.07) is 10.6. The molecule has 0 spiro atoms. The van der Waals surface area contributed by atoms with E-state index in [0.29, 0.717) is 0 Å². The molecule has 1 N–H and O–H groups in total. The Kier molecular flexibility index (Phi) is 3.75. The van der Waals surface area contributed by atoms with Crippen molar-refractivity contribution >= 4 is 13.4 Å². The Bertz CT molecular complexity index is 595. The first-order chi connectivity index (χ1) is 8.89. The van der Waals surface area contributed by atoms with Crippen LogP contribution >= 0.6 is 0 Å². The molecule has 0 aliphatic carbocycles. The van der Waals surface area contributed by atoms with Crippen molar-refractivity contribution in [1.29, 1.82) is 5.41 Å². The molecule has 0 aliphatic heterocycles. The molecule has 1 atom stereocenters. The van der Waals surface area contributed by atoms with Gasteiger partial charge < -0.3 is 4.52 Å². The quantitative estimate of drug-likeness (QED) is 0.676. The summed E-state index contributed by atoms with van der Waals surface area (Å²) in [4.78, 5) is 0. The van der Waals surface area contributed by atoms with Gasteiger partial charge in [0.15, 0.2) is 14.1 Å². The van der Waals surface area contributed by atoms with Crippen LogP contribution in [0.4, 0.5) is 0 Å². The summed E-state index contributed by atoms with van der Waals surface area (Å²) in [5.41, 5.74) is 1.50. The lowest BCUT2D eigenvalue weighted by Gasteiger charge is -2.16. The molecule has 0 saturated heterocycles. The van der Waals surface area contributed by atoms with Gasteiger partial charge in [0.05, 0.1) is 0 Å². The van der Waals surface area contributed by atoms with Gasteiger partial charge in [-0.05, 0) is 12.5 Å². The van der Waals surface area contributed by atoms with Crippen LogP contribution in [0.25, 0.3) is 0 Å². The van der Waals surface area contributed by atoms with Crippen molar-refractivity contribution in [1.82, 2.24) is 5.27 Å². The molecule has 0 radical (unpaired) electrons. The average molecular weight is 275 g/mol. The van der Waals surface area contributed by atoms with Crippen LogP contribution in [0.1, 0.15) is 18.5 Å². The minimum absolute atomic E-state index is 0.201. The van der Waals surface area contributed by atoms with Gasteiger partial charge in [0.2, 0.25) is 5.32 Å². The lowest BCUT2D eigenvalue weighted by molar-refractivity contribution is -0.773. The summed E-state index contributed by atoms with van der Waals surface area (Å²) in [6.07, 6.45) is 0.898. The maximum atomic E-state index is 7.91. The maximum Gasteiger partial charge on any atom is 0.261 e. The molecule has 1 aromatic carbocycles. The van der Waals surface area contributed by atoms with Gasteiger partial charge in [0.1, 0.15) is 0 Å². The summed E-state index contributed by atoms with van der Waals surface area (Å²) in [5, 5.41) is 13.0. The van der Waals surface area contributed by atoms with Crippen molar-refractivity contribution in [3.63, 3.8) is 0 Å². The second kappa shape index (κ2) is 5.17. The predicted molar refractivity (Wildman–Crippen MR) is 75.9 cm³/mol. The third-order valence-electron chi connectivity index (χ3n) is 3.17. The molecule has 0 saturated carbocycles. The number of aromatic nitrogens is 2. The Hall–Kier alpha value is -1.62. The monoisotopic (exact) mass is 275 g/mol. The normalized spacial score (nSPS) is 13.5. The van der Waals surface area contributed by atoms with Gasteiger partial charge in [-0.15, -0.1) is 0 Å². The first-order valence-electron chi connectivity index (χ1n) is 6.57. The van der Waals surface area contributed by atoms with Crippen LogP contribution in [0.2, 0.25) is 19.6 Å². The number of nitrogens with one attached hydrogen (secondary N) is 1. The Labute approximate surface area is 114 Å². The van der Waals surface area contributed by atoms with E-state index in [9.17, 15) is 0 Å². The minimum Gasteiger partial charge on any atom is -0.487 e. The number of hydrogen-bond acceptors (Lipinski definition) is 2. The summed E-state index contributed by atoms with van der Waals surface area (Å²) >= 11 is 0. The summed E-state index contributed by atoms with van der Waals surface area (Å²) < 4.78 is 7.00. The standard InChI is InChI=1S/C14H21N3OSi/c1-11(10-12-8-6-5-7-9-12)17-14(19(2,3)4)13(15)18-16-17/h5-9,11,15H,10H2,1-4H3. The van der Waals surface area contributed by atoms with Crippen LogP contribution in [0, 0.1) is 5.41 Å². The highest BCUT2D eigenvalue weighted by molar-refractivity contribution is 6.87. The second-order valence-corrected chi connectivity index (χ2v) is 11.0. The molecule has 0 bridgehead atoms. The van der Waals surface area contributed by atoms with Crippen molar-refractivity contribution in [2.75, 3.05) is 0 Å². The van der Waals surface area contributed by atoms with Gasteiger partial charge >= 0.3 is 0 Å². The smallest absolute Gasteiger partial charge is 0.261 e. The largest absolute Gasteiger partial charge is 0.487 e. The maximum absolute atomic E-state index is 7.91. The van der Waals surface area contributed by atoms with Crippen molar-refractivity contribution in [2.45, 2.75) is 39.0 Å². The molecular formula is C14H21N3OSi. The van der Waals surface area contributed by atoms with Crippen LogP contribution in [-0.2, 0) is 6.42 Å².